The van der Waals surface area contributed by atoms with Crippen molar-refractivity contribution in [3.05, 3.63) is 18.2 Å². The van der Waals surface area contributed by atoms with E-state index in [0.717, 1.165) is 26.2 Å². The van der Waals surface area contributed by atoms with Gasteiger partial charge in [0.05, 0.1) is 18.6 Å². The average Bonchev–Trinajstić information content (AvgIpc) is 2.87. The first-order valence-corrected chi connectivity index (χ1v) is 7.65. The normalized spacial score (nSPS) is 23.7. The summed E-state index contributed by atoms with van der Waals surface area (Å²) < 4.78 is 7.88. The second kappa shape index (κ2) is 7.65. The molecule has 2 atom stereocenters. The Morgan fingerprint density at radius 2 is 2.32 bits per heavy atom. The number of imidazole rings is 1. The summed E-state index contributed by atoms with van der Waals surface area (Å²) >= 11 is 0. The highest BCUT2D eigenvalue weighted by atomic mass is 16.5. The van der Waals surface area contributed by atoms with Crippen molar-refractivity contribution in [2.75, 3.05) is 13.2 Å². The Balaban J connectivity index is 1.83. The van der Waals surface area contributed by atoms with Crippen LogP contribution in [0.5, 0.6) is 0 Å². The molecule has 0 aromatic carbocycles. The van der Waals surface area contributed by atoms with Gasteiger partial charge in [0.1, 0.15) is 0 Å². The number of hydrogen-bond acceptors (Lipinski definition) is 3. The van der Waals surface area contributed by atoms with Crippen molar-refractivity contribution in [2.45, 2.75) is 64.6 Å². The van der Waals surface area contributed by atoms with Gasteiger partial charge in [-0.3, -0.25) is 0 Å². The zero-order valence-corrected chi connectivity index (χ0v) is 12.3. The first-order chi connectivity index (χ1) is 9.31. The van der Waals surface area contributed by atoms with Crippen molar-refractivity contribution >= 4 is 0 Å². The van der Waals surface area contributed by atoms with Crippen molar-refractivity contribution < 1.29 is 4.74 Å². The zero-order chi connectivity index (χ0) is 13.5. The van der Waals surface area contributed by atoms with Gasteiger partial charge < -0.3 is 14.6 Å². The highest BCUT2D eigenvalue weighted by molar-refractivity contribution is 5.07. The largest absolute Gasteiger partial charge is 0.380 e. The Hall–Kier alpha value is -0.870. The van der Waals surface area contributed by atoms with Gasteiger partial charge in [0, 0.05) is 31.4 Å². The molecular formula is C15H27N3O. The summed E-state index contributed by atoms with van der Waals surface area (Å²) in [6.45, 7) is 7.02. The second-order valence-corrected chi connectivity index (χ2v) is 5.53. The summed E-state index contributed by atoms with van der Waals surface area (Å²) in [5.41, 5.74) is 1.31. The summed E-state index contributed by atoms with van der Waals surface area (Å²) in [6.07, 6.45) is 10.1. The van der Waals surface area contributed by atoms with Gasteiger partial charge in [-0.1, -0.05) is 13.3 Å². The van der Waals surface area contributed by atoms with Gasteiger partial charge in [-0.25, -0.2) is 4.98 Å². The summed E-state index contributed by atoms with van der Waals surface area (Å²) in [5.74, 6) is 0. The lowest BCUT2D eigenvalue weighted by atomic mass is 9.97. The first kappa shape index (κ1) is 14.5. The maximum absolute atomic E-state index is 5.64. The van der Waals surface area contributed by atoms with E-state index in [0.29, 0.717) is 12.1 Å². The van der Waals surface area contributed by atoms with E-state index in [1.165, 1.54) is 31.4 Å². The topological polar surface area (TPSA) is 39.1 Å². The molecule has 4 heteroatoms. The van der Waals surface area contributed by atoms with E-state index in [2.05, 4.69) is 28.7 Å². The van der Waals surface area contributed by atoms with Crippen LogP contribution < -0.4 is 5.32 Å². The lowest BCUT2D eigenvalue weighted by Crippen LogP contribution is -2.35. The number of nitrogens with one attached hydrogen (secondary N) is 1. The Labute approximate surface area is 116 Å². The first-order valence-electron chi connectivity index (χ1n) is 7.65. The van der Waals surface area contributed by atoms with E-state index < -0.39 is 0 Å². The molecule has 0 spiro atoms. The molecule has 4 nitrogen and oxygen atoms in total. The Kier molecular flexibility index (Phi) is 5.86. The standard InChI is InChI=1S/C15H27N3O/c1-3-4-9-19-10-8-18-12-16-11-15(18)14-7-5-6-13(2)17-14/h11-14,17H,3-10H2,1-2H3. The molecule has 1 aliphatic rings. The molecule has 1 aliphatic heterocycles. The number of nitrogens with zero attached hydrogens (tertiary/aromatic N) is 2. The van der Waals surface area contributed by atoms with Gasteiger partial charge in [-0.05, 0) is 32.6 Å². The van der Waals surface area contributed by atoms with E-state index >= 15 is 0 Å². The van der Waals surface area contributed by atoms with Crippen molar-refractivity contribution in [2.24, 2.45) is 0 Å². The summed E-state index contributed by atoms with van der Waals surface area (Å²) in [5, 5.41) is 3.67. The molecule has 1 fully saturated rings. The molecule has 0 aliphatic carbocycles. The second-order valence-electron chi connectivity index (χ2n) is 5.53. The SMILES string of the molecule is CCCCOCCn1cncc1C1CCCC(C)N1. The number of piperidine rings is 1. The predicted molar refractivity (Wildman–Crippen MR) is 77.1 cm³/mol. The quantitative estimate of drug-likeness (QED) is 0.770. The molecule has 108 valence electrons. The van der Waals surface area contributed by atoms with Gasteiger partial charge in [0.2, 0.25) is 0 Å². The monoisotopic (exact) mass is 265 g/mol. The van der Waals surface area contributed by atoms with Gasteiger partial charge in [-0.15, -0.1) is 0 Å². The highest BCUT2D eigenvalue weighted by Gasteiger charge is 2.21. The summed E-state index contributed by atoms with van der Waals surface area (Å²) in [7, 11) is 0. The molecule has 2 heterocycles. The third kappa shape index (κ3) is 4.32. The van der Waals surface area contributed by atoms with Crippen molar-refractivity contribution in [1.29, 1.82) is 0 Å². The van der Waals surface area contributed by atoms with Gasteiger partial charge >= 0.3 is 0 Å². The molecule has 19 heavy (non-hydrogen) atoms. The molecule has 0 bridgehead atoms. The lowest BCUT2D eigenvalue weighted by Gasteiger charge is -2.29. The van der Waals surface area contributed by atoms with Crippen LogP contribution in [-0.2, 0) is 11.3 Å². The molecule has 0 radical (unpaired) electrons. The van der Waals surface area contributed by atoms with Crippen molar-refractivity contribution in [3.8, 4) is 0 Å². The molecule has 1 saturated heterocycles. The number of unbranched alkanes of at least 4 members (excludes halogenated alkanes) is 1. The fraction of sp³-hybridized carbons (Fsp3) is 0.800. The van der Waals surface area contributed by atoms with Crippen LogP contribution in [0.1, 0.15) is 57.7 Å². The molecule has 0 amide bonds. The smallest absolute Gasteiger partial charge is 0.0949 e. The van der Waals surface area contributed by atoms with Crippen molar-refractivity contribution in [1.82, 2.24) is 14.9 Å². The molecule has 0 saturated carbocycles. The van der Waals surface area contributed by atoms with E-state index in [9.17, 15) is 0 Å². The fourth-order valence-corrected chi connectivity index (χ4v) is 2.69. The van der Waals surface area contributed by atoms with Crippen LogP contribution in [0.4, 0.5) is 0 Å². The Morgan fingerprint density at radius 1 is 1.42 bits per heavy atom. The number of ether oxygens (including phenoxy) is 1. The van der Waals surface area contributed by atoms with E-state index in [1.807, 2.05) is 12.5 Å². The third-order valence-electron chi connectivity index (χ3n) is 3.84. The van der Waals surface area contributed by atoms with Crippen LogP contribution in [0, 0.1) is 0 Å². The Bertz CT molecular complexity index is 364. The molecule has 2 rings (SSSR count). The van der Waals surface area contributed by atoms with Crippen LogP contribution in [0.3, 0.4) is 0 Å². The summed E-state index contributed by atoms with van der Waals surface area (Å²) in [6, 6.07) is 1.07. The number of hydrogen-bond donors (Lipinski definition) is 1. The molecule has 1 N–H and O–H groups in total. The van der Waals surface area contributed by atoms with Gasteiger partial charge in [0.15, 0.2) is 0 Å². The third-order valence-corrected chi connectivity index (χ3v) is 3.84. The molecular weight excluding hydrogens is 238 g/mol. The van der Waals surface area contributed by atoms with Crippen LogP contribution in [0.2, 0.25) is 0 Å². The fourth-order valence-electron chi connectivity index (χ4n) is 2.69. The predicted octanol–water partition coefficient (Wildman–Crippen LogP) is 2.90. The molecule has 1 aromatic rings. The maximum Gasteiger partial charge on any atom is 0.0949 e. The van der Waals surface area contributed by atoms with Crippen LogP contribution >= 0.6 is 0 Å². The van der Waals surface area contributed by atoms with Crippen molar-refractivity contribution in [3.63, 3.8) is 0 Å². The summed E-state index contributed by atoms with van der Waals surface area (Å²) in [4.78, 5) is 4.30. The van der Waals surface area contributed by atoms with Gasteiger partial charge in [0.25, 0.3) is 0 Å². The zero-order valence-electron chi connectivity index (χ0n) is 12.3. The minimum Gasteiger partial charge on any atom is -0.380 e. The Morgan fingerprint density at radius 3 is 3.11 bits per heavy atom. The number of rotatable bonds is 7. The molecule has 1 aromatic heterocycles. The van der Waals surface area contributed by atoms with Crippen LogP contribution in [0.25, 0.3) is 0 Å². The van der Waals surface area contributed by atoms with Gasteiger partial charge in [-0.2, -0.15) is 0 Å². The highest BCUT2D eigenvalue weighted by Crippen LogP contribution is 2.25. The van der Waals surface area contributed by atoms with E-state index in [-0.39, 0.29) is 0 Å². The van der Waals surface area contributed by atoms with Crippen LogP contribution in [-0.4, -0.2) is 28.8 Å². The minimum absolute atomic E-state index is 0.460. The molecule has 2 unspecified atom stereocenters. The maximum atomic E-state index is 5.64. The lowest BCUT2D eigenvalue weighted by molar-refractivity contribution is 0.122. The minimum atomic E-state index is 0.460. The van der Waals surface area contributed by atoms with E-state index in [1.54, 1.807) is 0 Å². The van der Waals surface area contributed by atoms with E-state index in [4.69, 9.17) is 4.74 Å². The van der Waals surface area contributed by atoms with Crippen LogP contribution in [0.15, 0.2) is 12.5 Å². The number of aromatic nitrogens is 2. The average molecular weight is 265 g/mol.